The Morgan fingerprint density at radius 2 is 0.355 bits per heavy atom. The van der Waals surface area contributed by atoms with Crippen molar-refractivity contribution in [2.45, 2.75) is 276 Å². The van der Waals surface area contributed by atoms with Gasteiger partial charge in [-0.25, -0.2) is 0 Å². The number of rotatable bonds is 42. The van der Waals surface area contributed by atoms with Gasteiger partial charge in [0.15, 0.2) is 0 Å². The van der Waals surface area contributed by atoms with Gasteiger partial charge in [0.2, 0.25) is 0 Å². The molecule has 380 valence electrons. The molecule has 0 saturated heterocycles. The van der Waals surface area contributed by atoms with Crippen LogP contribution in [-0.4, -0.2) is 92.0 Å². The Hall–Kier alpha value is -0.0100. The average Bonchev–Trinajstić information content (AvgIpc) is 3.27. The molecular formula is C54H120N3O4P. The van der Waals surface area contributed by atoms with E-state index in [2.05, 4.69) is 83.1 Å². The molecule has 0 radical (unpaired) electrons. The lowest BCUT2D eigenvalue weighted by molar-refractivity contribution is -0.923. The van der Waals surface area contributed by atoms with Crippen LogP contribution in [0, 0.1) is 0 Å². The highest BCUT2D eigenvalue weighted by molar-refractivity contribution is 7.40. The Morgan fingerprint density at radius 1 is 0.242 bits per heavy atom. The van der Waals surface area contributed by atoms with Crippen molar-refractivity contribution >= 4 is 7.82 Å². The average molecular weight is 907 g/mol. The fourth-order valence-corrected chi connectivity index (χ4v) is 9.24. The van der Waals surface area contributed by atoms with E-state index in [9.17, 15) is 0 Å². The first-order valence-corrected chi connectivity index (χ1v) is 29.5. The second kappa shape index (κ2) is 50.4. The number of unbranched alkanes of at least 4 members (excludes halogenated alkanes) is 27. The topological polar surface area (TPSA) is 86.2 Å². The van der Waals surface area contributed by atoms with Crippen LogP contribution in [0.15, 0.2) is 0 Å². The van der Waals surface area contributed by atoms with Crippen LogP contribution in [0.1, 0.15) is 276 Å². The summed E-state index contributed by atoms with van der Waals surface area (Å²) in [6.07, 6.45) is 43.5. The highest BCUT2D eigenvalue weighted by Crippen LogP contribution is 2.16. The Kier molecular flexibility index (Phi) is 55.7. The Morgan fingerprint density at radius 3 is 0.468 bits per heavy atom. The maximum absolute atomic E-state index is 8.55. The van der Waals surface area contributed by atoms with Crippen molar-refractivity contribution in [1.29, 1.82) is 0 Å². The van der Waals surface area contributed by atoms with E-state index < -0.39 is 7.82 Å². The highest BCUT2D eigenvalue weighted by Gasteiger charge is 2.21. The summed E-state index contributed by atoms with van der Waals surface area (Å²) >= 11 is 0. The molecular weight excluding hydrogens is 786 g/mol. The molecule has 62 heavy (non-hydrogen) atoms. The van der Waals surface area contributed by atoms with Gasteiger partial charge in [0.25, 0.3) is 0 Å². The van der Waals surface area contributed by atoms with Crippen LogP contribution in [0.4, 0.5) is 0 Å². The van der Waals surface area contributed by atoms with E-state index in [0.717, 1.165) is 0 Å². The smallest absolute Gasteiger partial charge is 0.0786 e. The Balaban J connectivity index is -0.000000385. The molecule has 0 aromatic rings. The zero-order chi connectivity index (χ0) is 47.7. The molecule has 0 aliphatic carbocycles. The maximum atomic E-state index is 8.55. The monoisotopic (exact) mass is 906 g/mol. The van der Waals surface area contributed by atoms with Crippen LogP contribution in [0.25, 0.3) is 0 Å². The fourth-order valence-electron chi connectivity index (χ4n) is 9.24. The van der Waals surface area contributed by atoms with Crippen molar-refractivity contribution in [1.82, 2.24) is 0 Å². The number of quaternary nitrogens is 3. The predicted octanol–water partition coefficient (Wildman–Crippen LogP) is 14.5. The van der Waals surface area contributed by atoms with Gasteiger partial charge in [-0.1, -0.05) is 175 Å². The van der Waals surface area contributed by atoms with Crippen LogP contribution in [0.3, 0.4) is 0 Å². The largest absolute Gasteiger partial charge is 0.822 e. The van der Waals surface area contributed by atoms with Crippen LogP contribution in [0.5, 0.6) is 0 Å². The summed E-state index contributed by atoms with van der Waals surface area (Å²) < 4.78 is 12.5. The summed E-state index contributed by atoms with van der Waals surface area (Å²) in [5.41, 5.74) is 0. The van der Waals surface area contributed by atoms with Crippen molar-refractivity contribution in [3.05, 3.63) is 0 Å². The van der Waals surface area contributed by atoms with Gasteiger partial charge in [-0.15, -0.1) is 0 Å². The summed E-state index contributed by atoms with van der Waals surface area (Å²) in [5, 5.41) is 0. The first-order valence-electron chi connectivity index (χ1n) is 28.0. The van der Waals surface area contributed by atoms with E-state index in [4.69, 9.17) is 19.2 Å². The minimum atomic E-state index is -5.39. The van der Waals surface area contributed by atoms with E-state index in [1.807, 2.05) is 0 Å². The van der Waals surface area contributed by atoms with Crippen molar-refractivity contribution in [3.8, 4) is 0 Å². The van der Waals surface area contributed by atoms with Crippen molar-refractivity contribution < 1.29 is 32.7 Å². The van der Waals surface area contributed by atoms with Gasteiger partial charge in [-0.3, -0.25) is 0 Å². The lowest BCUT2D eigenvalue weighted by Crippen LogP contribution is -2.48. The summed E-state index contributed by atoms with van der Waals surface area (Å²) in [4.78, 5) is 25.6. The van der Waals surface area contributed by atoms with Gasteiger partial charge in [-0.2, -0.15) is 7.82 Å². The van der Waals surface area contributed by atoms with Gasteiger partial charge >= 0.3 is 0 Å². The molecule has 0 amide bonds. The molecule has 0 fully saturated rings. The summed E-state index contributed by atoms with van der Waals surface area (Å²) in [7, 11) is -5.39. The quantitative estimate of drug-likeness (QED) is 0.0347. The first kappa shape index (κ1) is 68.6. The number of nitrogens with zero attached hydrogens (tertiary/aromatic N) is 3. The fraction of sp³-hybridized carbons (Fsp3) is 1.00. The van der Waals surface area contributed by atoms with Crippen LogP contribution >= 0.6 is 7.82 Å². The zero-order valence-electron chi connectivity index (χ0n) is 45.1. The van der Waals surface area contributed by atoms with Gasteiger partial charge in [-0.05, 0) is 101 Å². The van der Waals surface area contributed by atoms with Gasteiger partial charge in [0.1, 0.15) is 0 Å². The van der Waals surface area contributed by atoms with E-state index in [1.54, 1.807) is 0 Å². The second-order valence-corrected chi connectivity index (χ2v) is 19.9. The first-order chi connectivity index (χ1) is 29.7. The number of phosphoric acid groups is 1. The molecule has 7 nitrogen and oxygen atoms in total. The summed E-state index contributed by atoms with van der Waals surface area (Å²) in [5.74, 6) is 0. The summed E-state index contributed by atoms with van der Waals surface area (Å²) in [6, 6.07) is 0. The minimum Gasteiger partial charge on any atom is -0.822 e. The maximum Gasteiger partial charge on any atom is 0.0786 e. The third-order valence-corrected chi connectivity index (χ3v) is 15.0. The van der Waals surface area contributed by atoms with E-state index in [1.165, 1.54) is 285 Å². The third kappa shape index (κ3) is 47.9. The highest BCUT2D eigenvalue weighted by atomic mass is 31.2. The number of hydrogen-bond acceptors (Lipinski definition) is 4. The molecule has 0 aliphatic rings. The molecule has 0 spiro atoms. The molecule has 0 atom stereocenters. The van der Waals surface area contributed by atoms with Crippen LogP contribution in [-0.2, 0) is 4.57 Å². The van der Waals surface area contributed by atoms with Crippen molar-refractivity contribution in [2.24, 2.45) is 0 Å². The molecule has 0 aliphatic heterocycles. The lowest BCUT2D eigenvalue weighted by Gasteiger charge is -2.36. The Bertz CT molecular complexity index is 746. The van der Waals surface area contributed by atoms with Crippen LogP contribution in [0.2, 0.25) is 0 Å². The van der Waals surface area contributed by atoms with Crippen LogP contribution < -0.4 is 14.7 Å². The third-order valence-electron chi connectivity index (χ3n) is 15.0. The van der Waals surface area contributed by atoms with Crippen molar-refractivity contribution in [3.63, 3.8) is 0 Å². The molecule has 0 aromatic heterocycles. The molecule has 0 heterocycles. The molecule has 0 bridgehead atoms. The standard InChI is InChI=1S/3C18H40N.H3O4P/c3*1-5-9-10-11-12-13-14-15-16-17-18-19(6-2,7-3)8-4;1-5(2,3)4/h3*5-18H2,1-4H3;(H3,1,2,3,4)/q3*+1;/p-3. The normalized spacial score (nSPS) is 12.0. The predicted molar refractivity (Wildman–Crippen MR) is 273 cm³/mol. The minimum absolute atomic E-state index is 1.31. The zero-order valence-corrected chi connectivity index (χ0v) is 46.0. The van der Waals surface area contributed by atoms with Crippen molar-refractivity contribution in [2.75, 3.05) is 78.5 Å². The Labute approximate surface area is 393 Å². The lowest BCUT2D eigenvalue weighted by atomic mass is 10.1. The molecule has 0 N–H and O–H groups in total. The summed E-state index contributed by atoms with van der Waals surface area (Å²) in [6.45, 7) is 44.0. The van der Waals surface area contributed by atoms with Gasteiger partial charge in [0.05, 0.1) is 78.5 Å². The number of hydrogen-bond donors (Lipinski definition) is 0. The molecule has 0 unspecified atom stereocenters. The molecule has 8 heteroatoms. The SMILES string of the molecule is CCCCCCCCCCCC[N+](CC)(CC)CC.CCCCCCCCCCCC[N+](CC)(CC)CC.CCCCCCCCCCCC[N+](CC)(CC)CC.O=P([O-])([O-])[O-]. The second-order valence-electron chi connectivity index (χ2n) is 19.0. The molecule has 0 saturated carbocycles. The van der Waals surface area contributed by atoms with E-state index in [0.29, 0.717) is 0 Å². The molecule has 0 aromatic carbocycles. The van der Waals surface area contributed by atoms with E-state index >= 15 is 0 Å². The van der Waals surface area contributed by atoms with E-state index in [-0.39, 0.29) is 0 Å². The molecule has 0 rings (SSSR count). The van der Waals surface area contributed by atoms with Gasteiger partial charge < -0.3 is 32.7 Å². The van der Waals surface area contributed by atoms with Gasteiger partial charge in [0, 0.05) is 0 Å².